The minimum Gasteiger partial charge on any atom is -0.477 e. The third-order valence-corrected chi connectivity index (χ3v) is 3.90. The van der Waals surface area contributed by atoms with Crippen LogP contribution in [0.15, 0.2) is 30.5 Å². The highest BCUT2D eigenvalue weighted by molar-refractivity contribution is 6.33. The fourth-order valence-electron chi connectivity index (χ4n) is 2.04. The van der Waals surface area contributed by atoms with Crippen molar-refractivity contribution < 1.29 is 27.4 Å². The number of benzene rings is 1. The summed E-state index contributed by atoms with van der Waals surface area (Å²) >= 11 is 12.0. The van der Waals surface area contributed by atoms with E-state index in [-0.39, 0.29) is 28.1 Å². The first kappa shape index (κ1) is 20.3. The maximum atomic E-state index is 12.7. The average molecular weight is 408 g/mol. The maximum absolute atomic E-state index is 12.7. The zero-order valence-corrected chi connectivity index (χ0v) is 15.2. The van der Waals surface area contributed by atoms with Gasteiger partial charge < -0.3 is 9.47 Å². The molecule has 2 rings (SSSR count). The second kappa shape index (κ2) is 8.14. The molecule has 1 atom stereocenters. The van der Waals surface area contributed by atoms with Gasteiger partial charge in [0.1, 0.15) is 5.75 Å². The Morgan fingerprint density at radius 3 is 2.50 bits per heavy atom. The van der Waals surface area contributed by atoms with Gasteiger partial charge in [0.25, 0.3) is 0 Å². The number of hydrogen-bond donors (Lipinski definition) is 0. The summed E-state index contributed by atoms with van der Waals surface area (Å²) in [6.07, 6.45) is -4.77. The van der Waals surface area contributed by atoms with Crippen LogP contribution in [0.1, 0.15) is 19.4 Å². The summed E-state index contributed by atoms with van der Waals surface area (Å²) in [6.45, 7) is 3.35. The lowest BCUT2D eigenvalue weighted by molar-refractivity contribution is -0.150. The molecule has 0 radical (unpaired) electrons. The maximum Gasteiger partial charge on any atom is 0.417 e. The third kappa shape index (κ3) is 4.80. The number of alkyl halides is 3. The predicted octanol–water partition coefficient (Wildman–Crippen LogP) is 5.40. The molecule has 0 aliphatic heterocycles. The van der Waals surface area contributed by atoms with Crippen molar-refractivity contribution in [2.75, 3.05) is 6.61 Å². The zero-order valence-electron chi connectivity index (χ0n) is 13.7. The van der Waals surface area contributed by atoms with Crippen molar-refractivity contribution in [3.63, 3.8) is 0 Å². The molecule has 1 aromatic carbocycles. The molecular weight excluding hydrogens is 394 g/mol. The Hall–Kier alpha value is -1.99. The number of aromatic nitrogens is 1. The van der Waals surface area contributed by atoms with Crippen LogP contribution in [0.4, 0.5) is 13.2 Å². The molecule has 0 saturated carbocycles. The molecule has 0 bridgehead atoms. The number of esters is 1. The molecule has 0 saturated heterocycles. The van der Waals surface area contributed by atoms with Gasteiger partial charge in [-0.1, -0.05) is 29.3 Å². The van der Waals surface area contributed by atoms with E-state index in [1.807, 2.05) is 0 Å². The van der Waals surface area contributed by atoms with Crippen LogP contribution in [-0.2, 0) is 15.7 Å². The largest absolute Gasteiger partial charge is 0.477 e. The molecule has 4 nitrogen and oxygen atoms in total. The van der Waals surface area contributed by atoms with E-state index in [9.17, 15) is 18.0 Å². The van der Waals surface area contributed by atoms with Gasteiger partial charge in [-0.15, -0.1) is 0 Å². The van der Waals surface area contributed by atoms with E-state index in [1.165, 1.54) is 25.1 Å². The number of halogens is 5. The molecule has 9 heteroatoms. The molecule has 0 N–H and O–H groups in total. The van der Waals surface area contributed by atoms with Crippen LogP contribution >= 0.6 is 23.2 Å². The minimum absolute atomic E-state index is 0.130. The summed E-state index contributed by atoms with van der Waals surface area (Å²) in [6, 6.07) is 5.24. The highest BCUT2D eigenvalue weighted by Gasteiger charge is 2.31. The van der Waals surface area contributed by atoms with E-state index in [1.54, 1.807) is 6.92 Å². The number of nitrogens with zero attached hydrogens (tertiary/aromatic N) is 1. The monoisotopic (exact) mass is 407 g/mol. The summed E-state index contributed by atoms with van der Waals surface area (Å²) in [4.78, 5) is 15.5. The summed E-state index contributed by atoms with van der Waals surface area (Å²) < 4.78 is 48.5. The topological polar surface area (TPSA) is 48.4 Å². The number of carbonyl (C=O) groups is 1. The molecular formula is C17H14Cl2F3NO3. The van der Waals surface area contributed by atoms with Gasteiger partial charge in [-0.2, -0.15) is 13.2 Å². The fraction of sp³-hybridized carbons (Fsp3) is 0.294. The Morgan fingerprint density at radius 2 is 1.92 bits per heavy atom. The first-order chi connectivity index (χ1) is 12.1. The first-order valence-corrected chi connectivity index (χ1v) is 8.25. The van der Waals surface area contributed by atoms with E-state index in [0.29, 0.717) is 11.8 Å². The first-order valence-electron chi connectivity index (χ1n) is 7.49. The third-order valence-electron chi connectivity index (χ3n) is 3.30. The number of carbonyl (C=O) groups excluding carboxylic acids is 1. The molecule has 0 fully saturated rings. The number of pyridine rings is 1. The van der Waals surface area contributed by atoms with Gasteiger partial charge >= 0.3 is 12.1 Å². The van der Waals surface area contributed by atoms with E-state index in [4.69, 9.17) is 32.7 Å². The van der Waals surface area contributed by atoms with Crippen LogP contribution in [0.5, 0.6) is 5.75 Å². The SMILES string of the molecule is CCOC(=O)C(C)Oc1cc(-c2ncc(C(F)(F)F)cc2Cl)ccc1Cl. The molecule has 0 aliphatic rings. The number of ether oxygens (including phenoxy) is 2. The molecule has 2 aromatic rings. The van der Waals surface area contributed by atoms with Crippen molar-refractivity contribution in [3.8, 4) is 17.0 Å². The molecule has 1 heterocycles. The Morgan fingerprint density at radius 1 is 1.23 bits per heavy atom. The van der Waals surface area contributed by atoms with E-state index >= 15 is 0 Å². The highest BCUT2D eigenvalue weighted by atomic mass is 35.5. The van der Waals surface area contributed by atoms with Gasteiger partial charge in [-0.25, -0.2) is 4.79 Å². The van der Waals surface area contributed by atoms with Crippen molar-refractivity contribution in [1.82, 2.24) is 4.98 Å². The minimum atomic E-state index is -4.54. The summed E-state index contributed by atoms with van der Waals surface area (Å²) in [7, 11) is 0. The molecule has 0 amide bonds. The number of hydrogen-bond acceptors (Lipinski definition) is 4. The van der Waals surface area contributed by atoms with Crippen LogP contribution in [0, 0.1) is 0 Å². The highest BCUT2D eigenvalue weighted by Crippen LogP contribution is 2.36. The normalized spacial score (nSPS) is 12.6. The second-order valence-corrected chi connectivity index (χ2v) is 6.02. The lowest BCUT2D eigenvalue weighted by Gasteiger charge is -2.15. The smallest absolute Gasteiger partial charge is 0.417 e. The van der Waals surface area contributed by atoms with Crippen LogP contribution < -0.4 is 4.74 Å². The quantitative estimate of drug-likeness (QED) is 0.622. The van der Waals surface area contributed by atoms with Crippen LogP contribution in [-0.4, -0.2) is 23.7 Å². The predicted molar refractivity (Wildman–Crippen MR) is 91.4 cm³/mol. The summed E-state index contributed by atoms with van der Waals surface area (Å²) in [5, 5.41) is 0.0412. The molecule has 0 spiro atoms. The van der Waals surface area contributed by atoms with Gasteiger partial charge in [-0.05, 0) is 32.0 Å². The van der Waals surface area contributed by atoms with Crippen molar-refractivity contribution in [2.45, 2.75) is 26.1 Å². The Bertz CT molecular complexity index is 812. The standard InChI is InChI=1S/C17H14Cl2F3NO3/c1-3-25-16(24)9(2)26-14-6-10(4-5-12(14)18)15-13(19)7-11(8-23-15)17(20,21)22/h4-9H,3H2,1-2H3. The van der Waals surface area contributed by atoms with Gasteiger partial charge in [0.05, 0.1) is 27.9 Å². The van der Waals surface area contributed by atoms with Gasteiger partial charge in [0.2, 0.25) is 0 Å². The fourth-order valence-corrected chi connectivity index (χ4v) is 2.48. The van der Waals surface area contributed by atoms with Crippen molar-refractivity contribution in [1.29, 1.82) is 0 Å². The van der Waals surface area contributed by atoms with Crippen molar-refractivity contribution >= 4 is 29.2 Å². The van der Waals surface area contributed by atoms with Crippen molar-refractivity contribution in [2.24, 2.45) is 0 Å². The van der Waals surface area contributed by atoms with Crippen molar-refractivity contribution in [3.05, 3.63) is 46.1 Å². The summed E-state index contributed by atoms with van der Waals surface area (Å²) in [5.41, 5.74) is -0.434. The van der Waals surface area contributed by atoms with Crippen LogP contribution in [0.3, 0.4) is 0 Å². The second-order valence-electron chi connectivity index (χ2n) is 5.21. The Kier molecular flexibility index (Phi) is 6.36. The van der Waals surface area contributed by atoms with Gasteiger partial charge in [-0.3, -0.25) is 4.98 Å². The molecule has 0 aliphatic carbocycles. The molecule has 1 aromatic heterocycles. The van der Waals surface area contributed by atoms with E-state index in [2.05, 4.69) is 4.98 Å². The Balaban J connectivity index is 2.33. The van der Waals surface area contributed by atoms with Gasteiger partial charge in [0, 0.05) is 11.8 Å². The lowest BCUT2D eigenvalue weighted by atomic mass is 10.1. The van der Waals surface area contributed by atoms with Gasteiger partial charge in [0.15, 0.2) is 6.10 Å². The lowest BCUT2D eigenvalue weighted by Crippen LogP contribution is -2.26. The molecule has 26 heavy (non-hydrogen) atoms. The molecule has 1 unspecified atom stereocenters. The zero-order chi connectivity index (χ0) is 19.5. The average Bonchev–Trinajstić information content (AvgIpc) is 2.56. The number of rotatable bonds is 5. The molecule has 140 valence electrons. The van der Waals surface area contributed by atoms with Crippen LogP contribution in [0.25, 0.3) is 11.3 Å². The Labute approximate surface area is 157 Å². The van der Waals surface area contributed by atoms with Crippen LogP contribution in [0.2, 0.25) is 10.0 Å². The van der Waals surface area contributed by atoms with E-state index < -0.39 is 23.8 Å². The van der Waals surface area contributed by atoms with E-state index in [0.717, 1.165) is 6.07 Å². The summed E-state index contributed by atoms with van der Waals surface area (Å²) in [5.74, 6) is -0.415.